The van der Waals surface area contributed by atoms with Crippen LogP contribution in [-0.2, 0) is 4.79 Å². The largest absolute Gasteiger partial charge is 0.326 e. The van der Waals surface area contributed by atoms with Gasteiger partial charge in [-0.25, -0.2) is 0 Å². The zero-order valence-corrected chi connectivity index (χ0v) is 10.5. The fourth-order valence-corrected chi connectivity index (χ4v) is 2.27. The van der Waals surface area contributed by atoms with Crippen molar-refractivity contribution in [1.82, 2.24) is 5.32 Å². The van der Waals surface area contributed by atoms with E-state index >= 15 is 0 Å². The van der Waals surface area contributed by atoms with E-state index in [1.807, 2.05) is 19.1 Å². The molecule has 2 rings (SSSR count). The van der Waals surface area contributed by atoms with Crippen molar-refractivity contribution in [2.45, 2.75) is 26.7 Å². The highest BCUT2D eigenvalue weighted by atomic mass is 16.1. The number of amides is 1. The van der Waals surface area contributed by atoms with E-state index in [1.165, 1.54) is 5.56 Å². The summed E-state index contributed by atoms with van der Waals surface area (Å²) in [4.78, 5) is 12.1. The monoisotopic (exact) mass is 232 g/mol. The zero-order valence-electron chi connectivity index (χ0n) is 10.5. The number of nitrogens with one attached hydrogen (secondary N) is 2. The summed E-state index contributed by atoms with van der Waals surface area (Å²) in [5.74, 6) is 0.329. The Morgan fingerprint density at radius 3 is 2.65 bits per heavy atom. The maximum Gasteiger partial charge on any atom is 0.227 e. The number of hydrogen-bond donors (Lipinski definition) is 2. The molecule has 3 heteroatoms. The second-order valence-corrected chi connectivity index (χ2v) is 4.83. The van der Waals surface area contributed by atoms with Crippen LogP contribution >= 0.6 is 0 Å². The first-order valence-corrected chi connectivity index (χ1v) is 6.25. The molecular weight excluding hydrogens is 212 g/mol. The molecule has 1 aromatic carbocycles. The Morgan fingerprint density at radius 2 is 2.00 bits per heavy atom. The number of anilines is 1. The third-order valence-corrected chi connectivity index (χ3v) is 3.35. The van der Waals surface area contributed by atoms with Crippen molar-refractivity contribution in [3.05, 3.63) is 29.3 Å². The van der Waals surface area contributed by atoms with E-state index in [-0.39, 0.29) is 11.8 Å². The lowest BCUT2D eigenvalue weighted by atomic mass is 9.97. The van der Waals surface area contributed by atoms with Gasteiger partial charge in [0.1, 0.15) is 0 Å². The second kappa shape index (κ2) is 5.32. The number of benzene rings is 1. The molecule has 17 heavy (non-hydrogen) atoms. The predicted octanol–water partition coefficient (Wildman–Crippen LogP) is 2.24. The molecule has 0 atom stereocenters. The molecule has 1 heterocycles. The molecule has 0 aliphatic carbocycles. The van der Waals surface area contributed by atoms with E-state index in [0.29, 0.717) is 0 Å². The van der Waals surface area contributed by atoms with Crippen LogP contribution in [0.3, 0.4) is 0 Å². The van der Waals surface area contributed by atoms with Crippen LogP contribution < -0.4 is 10.6 Å². The standard InChI is InChI=1S/C14H20N2O/c1-10-3-4-13(11(2)9-10)16-14(17)12-5-7-15-8-6-12/h3-4,9,12,15H,5-8H2,1-2H3,(H,16,17). The molecule has 1 fully saturated rings. The van der Waals surface area contributed by atoms with Gasteiger partial charge in [0.15, 0.2) is 0 Å². The van der Waals surface area contributed by atoms with Gasteiger partial charge in [-0.05, 0) is 51.4 Å². The first-order valence-electron chi connectivity index (χ1n) is 6.25. The summed E-state index contributed by atoms with van der Waals surface area (Å²) in [5.41, 5.74) is 3.30. The van der Waals surface area contributed by atoms with Gasteiger partial charge in [0.2, 0.25) is 5.91 Å². The smallest absolute Gasteiger partial charge is 0.227 e. The average Bonchev–Trinajstić information content (AvgIpc) is 2.34. The van der Waals surface area contributed by atoms with Crippen molar-refractivity contribution in [3.8, 4) is 0 Å². The third kappa shape index (κ3) is 3.07. The van der Waals surface area contributed by atoms with Crippen LogP contribution in [0.4, 0.5) is 5.69 Å². The number of aryl methyl sites for hydroxylation is 2. The quantitative estimate of drug-likeness (QED) is 0.821. The highest BCUT2D eigenvalue weighted by molar-refractivity contribution is 5.93. The molecule has 3 nitrogen and oxygen atoms in total. The second-order valence-electron chi connectivity index (χ2n) is 4.83. The molecule has 0 spiro atoms. The highest BCUT2D eigenvalue weighted by Crippen LogP contribution is 2.19. The van der Waals surface area contributed by atoms with Gasteiger partial charge in [0, 0.05) is 11.6 Å². The van der Waals surface area contributed by atoms with Crippen molar-refractivity contribution < 1.29 is 4.79 Å². The van der Waals surface area contributed by atoms with E-state index in [9.17, 15) is 4.79 Å². The minimum atomic E-state index is 0.164. The Kier molecular flexibility index (Phi) is 3.79. The molecule has 1 saturated heterocycles. The van der Waals surface area contributed by atoms with Crippen molar-refractivity contribution >= 4 is 11.6 Å². The van der Waals surface area contributed by atoms with Gasteiger partial charge in [-0.15, -0.1) is 0 Å². The Labute approximate surface area is 103 Å². The van der Waals surface area contributed by atoms with Crippen LogP contribution in [0.15, 0.2) is 18.2 Å². The van der Waals surface area contributed by atoms with Crippen LogP contribution in [0.25, 0.3) is 0 Å². The summed E-state index contributed by atoms with van der Waals surface area (Å²) in [6.07, 6.45) is 1.88. The summed E-state index contributed by atoms with van der Waals surface area (Å²) >= 11 is 0. The van der Waals surface area contributed by atoms with Crippen LogP contribution in [0.1, 0.15) is 24.0 Å². The van der Waals surface area contributed by atoms with Gasteiger partial charge in [0.25, 0.3) is 0 Å². The van der Waals surface area contributed by atoms with Crippen LogP contribution in [0.2, 0.25) is 0 Å². The molecule has 0 saturated carbocycles. The van der Waals surface area contributed by atoms with Gasteiger partial charge < -0.3 is 10.6 Å². The average molecular weight is 232 g/mol. The van der Waals surface area contributed by atoms with Gasteiger partial charge in [-0.2, -0.15) is 0 Å². The van der Waals surface area contributed by atoms with Crippen molar-refractivity contribution in [3.63, 3.8) is 0 Å². The fraction of sp³-hybridized carbons (Fsp3) is 0.500. The Morgan fingerprint density at radius 1 is 1.29 bits per heavy atom. The number of carbonyl (C=O) groups excluding carboxylic acids is 1. The maximum atomic E-state index is 12.1. The number of hydrogen-bond acceptors (Lipinski definition) is 2. The first-order chi connectivity index (χ1) is 8.16. The minimum absolute atomic E-state index is 0.164. The van der Waals surface area contributed by atoms with Crippen LogP contribution in [-0.4, -0.2) is 19.0 Å². The maximum absolute atomic E-state index is 12.1. The molecule has 2 N–H and O–H groups in total. The molecule has 1 aliphatic rings. The van der Waals surface area contributed by atoms with Crippen molar-refractivity contribution in [2.24, 2.45) is 5.92 Å². The fourth-order valence-electron chi connectivity index (χ4n) is 2.27. The number of carbonyl (C=O) groups is 1. The summed E-state index contributed by atoms with van der Waals surface area (Å²) in [7, 11) is 0. The highest BCUT2D eigenvalue weighted by Gasteiger charge is 2.21. The third-order valence-electron chi connectivity index (χ3n) is 3.35. The Balaban J connectivity index is 2.02. The molecule has 1 aliphatic heterocycles. The Hall–Kier alpha value is -1.35. The number of rotatable bonds is 2. The van der Waals surface area contributed by atoms with Gasteiger partial charge in [0.05, 0.1) is 0 Å². The SMILES string of the molecule is Cc1ccc(NC(=O)C2CCNCC2)c(C)c1. The lowest BCUT2D eigenvalue weighted by Crippen LogP contribution is -2.34. The van der Waals surface area contributed by atoms with E-state index in [2.05, 4.69) is 23.6 Å². The lowest BCUT2D eigenvalue weighted by molar-refractivity contribution is -0.120. The normalized spacial score (nSPS) is 16.8. The van der Waals surface area contributed by atoms with E-state index in [0.717, 1.165) is 37.2 Å². The molecule has 0 radical (unpaired) electrons. The van der Waals surface area contributed by atoms with Gasteiger partial charge >= 0.3 is 0 Å². The zero-order chi connectivity index (χ0) is 12.3. The summed E-state index contributed by atoms with van der Waals surface area (Å²) in [6.45, 7) is 5.99. The van der Waals surface area contributed by atoms with Crippen LogP contribution in [0, 0.1) is 19.8 Å². The molecule has 0 aromatic heterocycles. The van der Waals surface area contributed by atoms with Crippen molar-refractivity contribution in [1.29, 1.82) is 0 Å². The van der Waals surface area contributed by atoms with Gasteiger partial charge in [-0.1, -0.05) is 17.7 Å². The molecule has 92 valence electrons. The number of piperidine rings is 1. The topological polar surface area (TPSA) is 41.1 Å². The van der Waals surface area contributed by atoms with Gasteiger partial charge in [-0.3, -0.25) is 4.79 Å². The Bertz CT molecular complexity index is 409. The van der Waals surface area contributed by atoms with E-state index < -0.39 is 0 Å². The molecule has 1 aromatic rings. The molecule has 0 unspecified atom stereocenters. The molecule has 1 amide bonds. The first kappa shape index (κ1) is 12.1. The predicted molar refractivity (Wildman–Crippen MR) is 70.1 cm³/mol. The summed E-state index contributed by atoms with van der Waals surface area (Å²) in [6, 6.07) is 6.12. The van der Waals surface area contributed by atoms with E-state index in [1.54, 1.807) is 0 Å². The van der Waals surface area contributed by atoms with E-state index in [4.69, 9.17) is 0 Å². The molecule has 0 bridgehead atoms. The molecular formula is C14H20N2O. The summed E-state index contributed by atoms with van der Waals surface area (Å²) in [5, 5.41) is 6.31. The minimum Gasteiger partial charge on any atom is -0.326 e. The lowest BCUT2D eigenvalue weighted by Gasteiger charge is -2.22. The van der Waals surface area contributed by atoms with Crippen LogP contribution in [0.5, 0.6) is 0 Å². The summed E-state index contributed by atoms with van der Waals surface area (Å²) < 4.78 is 0. The van der Waals surface area contributed by atoms with Crippen molar-refractivity contribution in [2.75, 3.05) is 18.4 Å².